The van der Waals surface area contributed by atoms with Crippen molar-refractivity contribution in [3.05, 3.63) is 0 Å². The van der Waals surface area contributed by atoms with Crippen LogP contribution in [0.15, 0.2) is 4.99 Å². The largest absolute Gasteiger partial charge is 0.357 e. The molecule has 1 rings (SSSR count). The summed E-state index contributed by atoms with van der Waals surface area (Å²) in [4.78, 5) is 7.18. The van der Waals surface area contributed by atoms with E-state index in [1.807, 2.05) is 0 Å². The lowest BCUT2D eigenvalue weighted by Crippen LogP contribution is -2.41. The average Bonchev–Trinajstić information content (AvgIpc) is 2.73. The van der Waals surface area contributed by atoms with Crippen LogP contribution in [-0.4, -0.2) is 49.6 Å². The smallest absolute Gasteiger partial charge is 0.191 e. The van der Waals surface area contributed by atoms with E-state index in [2.05, 4.69) is 48.2 Å². The van der Waals surface area contributed by atoms with Gasteiger partial charge in [-0.15, -0.1) is 24.0 Å². The number of halogens is 1. The van der Waals surface area contributed by atoms with Gasteiger partial charge in [0.2, 0.25) is 0 Å². The molecule has 1 heterocycles. The zero-order valence-electron chi connectivity index (χ0n) is 12.2. The second kappa shape index (κ2) is 9.83. The van der Waals surface area contributed by atoms with Crippen LogP contribution in [0.1, 0.15) is 34.1 Å². The lowest BCUT2D eigenvalue weighted by molar-refractivity contribution is 0.343. The van der Waals surface area contributed by atoms with Crippen molar-refractivity contribution in [1.82, 2.24) is 15.5 Å². The first-order chi connectivity index (χ1) is 8.15. The normalized spacial score (nSPS) is 20.9. The summed E-state index contributed by atoms with van der Waals surface area (Å²) in [5.74, 6) is 1.69. The van der Waals surface area contributed by atoms with Gasteiger partial charge in [-0.3, -0.25) is 4.99 Å². The maximum atomic E-state index is 4.67. The number of hydrogen-bond acceptors (Lipinski definition) is 2. The quantitative estimate of drug-likeness (QED) is 0.443. The number of aliphatic imine (C=N–C) groups is 1. The summed E-state index contributed by atoms with van der Waals surface area (Å²) in [6, 6.07) is 0.434. The molecule has 1 aliphatic heterocycles. The van der Waals surface area contributed by atoms with Crippen molar-refractivity contribution in [2.45, 2.75) is 40.2 Å². The van der Waals surface area contributed by atoms with E-state index >= 15 is 0 Å². The molecule has 0 aromatic heterocycles. The second-order valence-corrected chi connectivity index (χ2v) is 5.07. The summed E-state index contributed by atoms with van der Waals surface area (Å²) in [6.07, 6.45) is 1.29. The highest BCUT2D eigenvalue weighted by atomic mass is 127. The van der Waals surface area contributed by atoms with E-state index < -0.39 is 0 Å². The third-order valence-electron chi connectivity index (χ3n) is 3.09. The van der Waals surface area contributed by atoms with Crippen LogP contribution in [0.4, 0.5) is 0 Å². The molecule has 108 valence electrons. The first-order valence-corrected chi connectivity index (χ1v) is 6.92. The molecule has 4 nitrogen and oxygen atoms in total. The maximum Gasteiger partial charge on any atom is 0.191 e. The maximum absolute atomic E-state index is 4.67. The molecule has 0 radical (unpaired) electrons. The van der Waals surface area contributed by atoms with Crippen molar-refractivity contribution in [3.63, 3.8) is 0 Å². The van der Waals surface area contributed by atoms with Crippen molar-refractivity contribution >= 4 is 29.9 Å². The fraction of sp³-hybridized carbons (Fsp3) is 0.923. The van der Waals surface area contributed by atoms with Crippen LogP contribution in [0.5, 0.6) is 0 Å². The molecule has 1 fully saturated rings. The average molecular weight is 368 g/mol. The van der Waals surface area contributed by atoms with Crippen molar-refractivity contribution in [1.29, 1.82) is 0 Å². The van der Waals surface area contributed by atoms with Crippen LogP contribution < -0.4 is 10.6 Å². The van der Waals surface area contributed by atoms with Gasteiger partial charge in [-0.05, 0) is 46.2 Å². The lowest BCUT2D eigenvalue weighted by atomic mass is 10.1. The highest BCUT2D eigenvalue weighted by molar-refractivity contribution is 14.0. The standard InChI is InChI=1S/C13H28N4.HI/c1-5-14-13(16-11(3)4)15-9-12-7-8-17(6-2)10-12;/h11-12H,5-10H2,1-4H3,(H2,14,15,16);1H. The predicted octanol–water partition coefficient (Wildman–Crippen LogP) is 1.91. The molecule has 0 saturated carbocycles. The summed E-state index contributed by atoms with van der Waals surface area (Å²) in [5, 5.41) is 6.64. The number of nitrogens with zero attached hydrogens (tertiary/aromatic N) is 2. The molecule has 1 aliphatic rings. The molecular formula is C13H29IN4. The molecule has 18 heavy (non-hydrogen) atoms. The van der Waals surface area contributed by atoms with E-state index in [4.69, 9.17) is 0 Å². The van der Waals surface area contributed by atoms with Gasteiger partial charge in [0.05, 0.1) is 0 Å². The van der Waals surface area contributed by atoms with Crippen LogP contribution in [-0.2, 0) is 0 Å². The zero-order chi connectivity index (χ0) is 12.7. The monoisotopic (exact) mass is 368 g/mol. The molecule has 2 N–H and O–H groups in total. The topological polar surface area (TPSA) is 39.7 Å². The Balaban J connectivity index is 0.00000289. The molecule has 0 aromatic rings. The van der Waals surface area contributed by atoms with Crippen LogP contribution in [0.2, 0.25) is 0 Å². The van der Waals surface area contributed by atoms with Gasteiger partial charge in [-0.1, -0.05) is 6.92 Å². The van der Waals surface area contributed by atoms with E-state index in [1.165, 1.54) is 26.1 Å². The van der Waals surface area contributed by atoms with Gasteiger partial charge in [0.25, 0.3) is 0 Å². The van der Waals surface area contributed by atoms with E-state index in [-0.39, 0.29) is 24.0 Å². The Hall–Kier alpha value is -0.0400. The first kappa shape index (κ1) is 18.0. The van der Waals surface area contributed by atoms with E-state index in [1.54, 1.807) is 0 Å². The van der Waals surface area contributed by atoms with Gasteiger partial charge < -0.3 is 15.5 Å². The Morgan fingerprint density at radius 3 is 2.61 bits per heavy atom. The molecule has 0 aromatic carbocycles. The second-order valence-electron chi connectivity index (χ2n) is 5.07. The Morgan fingerprint density at radius 1 is 1.39 bits per heavy atom. The van der Waals surface area contributed by atoms with E-state index in [9.17, 15) is 0 Å². The Morgan fingerprint density at radius 2 is 2.11 bits per heavy atom. The third kappa shape index (κ3) is 6.78. The summed E-state index contributed by atoms with van der Waals surface area (Å²) in [7, 11) is 0. The molecule has 1 unspecified atom stereocenters. The minimum Gasteiger partial charge on any atom is -0.357 e. The number of likely N-dealkylation sites (tertiary alicyclic amines) is 1. The first-order valence-electron chi connectivity index (χ1n) is 6.92. The van der Waals surface area contributed by atoms with Gasteiger partial charge in [-0.2, -0.15) is 0 Å². The van der Waals surface area contributed by atoms with Gasteiger partial charge in [-0.25, -0.2) is 0 Å². The summed E-state index contributed by atoms with van der Waals surface area (Å²) < 4.78 is 0. The number of rotatable bonds is 5. The summed E-state index contributed by atoms with van der Waals surface area (Å²) in [5.41, 5.74) is 0. The number of nitrogens with one attached hydrogen (secondary N) is 2. The molecule has 1 atom stereocenters. The lowest BCUT2D eigenvalue weighted by Gasteiger charge is -2.15. The molecular weight excluding hydrogens is 339 g/mol. The molecule has 0 amide bonds. The van der Waals surface area contributed by atoms with Crippen molar-refractivity contribution < 1.29 is 0 Å². The molecule has 0 aliphatic carbocycles. The highest BCUT2D eigenvalue weighted by Crippen LogP contribution is 2.15. The molecule has 1 saturated heterocycles. The highest BCUT2D eigenvalue weighted by Gasteiger charge is 2.20. The molecule has 0 bridgehead atoms. The van der Waals surface area contributed by atoms with E-state index in [0.29, 0.717) is 6.04 Å². The Labute approximate surface area is 129 Å². The fourth-order valence-electron chi connectivity index (χ4n) is 2.16. The van der Waals surface area contributed by atoms with Gasteiger partial charge in [0.1, 0.15) is 0 Å². The minimum absolute atomic E-state index is 0. The molecule has 0 spiro atoms. The van der Waals surface area contributed by atoms with Crippen molar-refractivity contribution in [2.75, 3.05) is 32.7 Å². The van der Waals surface area contributed by atoms with E-state index in [0.717, 1.165) is 25.0 Å². The van der Waals surface area contributed by atoms with Crippen LogP contribution in [0.25, 0.3) is 0 Å². The predicted molar refractivity (Wildman–Crippen MR) is 89.9 cm³/mol. The van der Waals surface area contributed by atoms with Gasteiger partial charge >= 0.3 is 0 Å². The molecule has 5 heteroatoms. The van der Waals surface area contributed by atoms with Gasteiger partial charge in [0.15, 0.2) is 5.96 Å². The Bertz CT molecular complexity index is 243. The fourth-order valence-corrected chi connectivity index (χ4v) is 2.16. The number of guanidine groups is 1. The van der Waals surface area contributed by atoms with Crippen LogP contribution in [0.3, 0.4) is 0 Å². The van der Waals surface area contributed by atoms with Crippen LogP contribution in [0, 0.1) is 5.92 Å². The number of hydrogen-bond donors (Lipinski definition) is 2. The zero-order valence-corrected chi connectivity index (χ0v) is 14.5. The van der Waals surface area contributed by atoms with Crippen LogP contribution >= 0.6 is 24.0 Å². The van der Waals surface area contributed by atoms with Gasteiger partial charge in [0, 0.05) is 25.7 Å². The minimum atomic E-state index is 0. The third-order valence-corrected chi connectivity index (χ3v) is 3.09. The summed E-state index contributed by atoms with van der Waals surface area (Å²) in [6.45, 7) is 14.1. The summed E-state index contributed by atoms with van der Waals surface area (Å²) >= 11 is 0. The SMILES string of the molecule is CCNC(=NCC1CCN(CC)C1)NC(C)C.I. The Kier molecular flexibility index (Phi) is 9.81. The van der Waals surface area contributed by atoms with Crippen molar-refractivity contribution in [3.8, 4) is 0 Å². The van der Waals surface area contributed by atoms with Crippen molar-refractivity contribution in [2.24, 2.45) is 10.9 Å².